The first kappa shape index (κ1) is 12.3. The Hall–Kier alpha value is 0.270. The van der Waals surface area contributed by atoms with Gasteiger partial charge in [0.15, 0.2) is 0 Å². The van der Waals surface area contributed by atoms with Crippen LogP contribution in [-0.4, -0.2) is 36.8 Å². The van der Waals surface area contributed by atoms with Gasteiger partial charge in [-0.3, -0.25) is 0 Å². The molecule has 17 heavy (non-hydrogen) atoms. The molecule has 2 aliphatic heterocycles. The smallest absolute Gasteiger partial charge is 0.0685 e. The van der Waals surface area contributed by atoms with Gasteiger partial charge in [0, 0.05) is 12.6 Å². The molecule has 0 radical (unpaired) electrons. The van der Waals surface area contributed by atoms with Crippen molar-refractivity contribution in [1.82, 2.24) is 5.32 Å². The summed E-state index contributed by atoms with van der Waals surface area (Å²) in [5.74, 6) is 4.51. The molecule has 2 heterocycles. The van der Waals surface area contributed by atoms with Gasteiger partial charge >= 0.3 is 0 Å². The Balaban J connectivity index is 1.64. The molecular weight excluding hydrogens is 230 g/mol. The van der Waals surface area contributed by atoms with E-state index in [2.05, 4.69) is 24.1 Å². The van der Waals surface area contributed by atoms with Crippen LogP contribution in [-0.2, 0) is 4.74 Å². The van der Waals surface area contributed by atoms with Crippen LogP contribution in [0.1, 0.15) is 38.5 Å². The fourth-order valence-electron chi connectivity index (χ4n) is 3.98. The van der Waals surface area contributed by atoms with E-state index in [1.807, 2.05) is 0 Å². The lowest BCUT2D eigenvalue weighted by Crippen LogP contribution is -2.51. The van der Waals surface area contributed by atoms with E-state index in [4.69, 9.17) is 4.74 Å². The second kappa shape index (κ2) is 5.10. The third-order valence-electron chi connectivity index (χ3n) is 5.11. The molecule has 1 aliphatic carbocycles. The van der Waals surface area contributed by atoms with Crippen molar-refractivity contribution in [2.75, 3.05) is 25.2 Å². The van der Waals surface area contributed by atoms with Gasteiger partial charge in [0.1, 0.15) is 0 Å². The minimum atomic E-state index is 0.309. The minimum Gasteiger partial charge on any atom is -0.375 e. The molecule has 98 valence electrons. The maximum absolute atomic E-state index is 6.06. The van der Waals surface area contributed by atoms with Crippen LogP contribution < -0.4 is 5.32 Å². The molecule has 3 atom stereocenters. The number of ether oxygens (including phenoxy) is 1. The van der Waals surface area contributed by atoms with Gasteiger partial charge in [-0.15, -0.1) is 0 Å². The van der Waals surface area contributed by atoms with E-state index in [1.165, 1.54) is 50.0 Å². The summed E-state index contributed by atoms with van der Waals surface area (Å²) in [4.78, 5) is 0. The van der Waals surface area contributed by atoms with Gasteiger partial charge in [-0.2, -0.15) is 11.8 Å². The molecule has 0 bridgehead atoms. The Bertz CT molecular complexity index is 261. The minimum absolute atomic E-state index is 0.309. The molecule has 2 saturated heterocycles. The molecule has 0 aromatic heterocycles. The molecule has 3 unspecified atom stereocenters. The summed E-state index contributed by atoms with van der Waals surface area (Å²) in [7, 11) is 2.16. The first-order chi connectivity index (χ1) is 8.33. The third-order valence-corrected chi connectivity index (χ3v) is 6.30. The van der Waals surface area contributed by atoms with Crippen LogP contribution in [0.3, 0.4) is 0 Å². The van der Waals surface area contributed by atoms with Crippen molar-refractivity contribution in [3.63, 3.8) is 0 Å². The molecule has 0 aromatic carbocycles. The normalized spacial score (nSPS) is 37.9. The maximum atomic E-state index is 6.06. The van der Waals surface area contributed by atoms with E-state index < -0.39 is 0 Å². The second-order valence-corrected chi connectivity index (χ2v) is 7.23. The van der Waals surface area contributed by atoms with Gasteiger partial charge in [-0.1, -0.05) is 0 Å². The Morgan fingerprint density at radius 1 is 1.29 bits per heavy atom. The molecule has 0 amide bonds. The highest BCUT2D eigenvalue weighted by atomic mass is 32.2. The van der Waals surface area contributed by atoms with E-state index in [0.717, 1.165) is 24.5 Å². The second-order valence-electron chi connectivity index (χ2n) is 6.08. The standard InChI is InChI=1S/C14H25NOS/c1-15-13(12-4-8-17-10-12)11-3-7-16-14(9-11)5-2-6-14/h11-13,15H,2-10H2,1H3. The summed E-state index contributed by atoms with van der Waals surface area (Å²) in [5.41, 5.74) is 0.309. The first-order valence-electron chi connectivity index (χ1n) is 7.22. The van der Waals surface area contributed by atoms with Crippen molar-refractivity contribution in [3.8, 4) is 0 Å². The lowest BCUT2D eigenvalue weighted by atomic mass is 9.69. The van der Waals surface area contributed by atoms with Crippen LogP contribution in [0.15, 0.2) is 0 Å². The van der Waals surface area contributed by atoms with E-state index in [0.29, 0.717) is 5.60 Å². The molecule has 1 N–H and O–H groups in total. The van der Waals surface area contributed by atoms with Gasteiger partial charge < -0.3 is 10.1 Å². The molecule has 2 nitrogen and oxygen atoms in total. The van der Waals surface area contributed by atoms with Crippen molar-refractivity contribution in [2.45, 2.75) is 50.2 Å². The molecule has 1 spiro atoms. The summed E-state index contributed by atoms with van der Waals surface area (Å²) in [6.45, 7) is 1.00. The van der Waals surface area contributed by atoms with Crippen molar-refractivity contribution in [1.29, 1.82) is 0 Å². The Kier molecular flexibility index (Phi) is 3.69. The van der Waals surface area contributed by atoms with E-state index in [-0.39, 0.29) is 0 Å². The molecular formula is C14H25NOS. The lowest BCUT2D eigenvalue weighted by Gasteiger charge is -2.49. The van der Waals surface area contributed by atoms with Gasteiger partial charge in [0.05, 0.1) is 5.60 Å². The summed E-state index contributed by atoms with van der Waals surface area (Å²) in [5, 5.41) is 3.63. The molecule has 3 rings (SSSR count). The topological polar surface area (TPSA) is 21.3 Å². The van der Waals surface area contributed by atoms with Gasteiger partial charge in [0.25, 0.3) is 0 Å². The largest absolute Gasteiger partial charge is 0.375 e. The zero-order chi connectivity index (χ0) is 11.7. The van der Waals surface area contributed by atoms with Crippen LogP contribution in [0.5, 0.6) is 0 Å². The lowest BCUT2D eigenvalue weighted by molar-refractivity contribution is -0.148. The number of hydrogen-bond donors (Lipinski definition) is 1. The Morgan fingerprint density at radius 2 is 2.18 bits per heavy atom. The van der Waals surface area contributed by atoms with Crippen LogP contribution >= 0.6 is 11.8 Å². The average Bonchev–Trinajstić information content (AvgIpc) is 2.82. The summed E-state index contributed by atoms with van der Waals surface area (Å²) < 4.78 is 6.06. The average molecular weight is 255 g/mol. The van der Waals surface area contributed by atoms with Crippen LogP contribution in [0.2, 0.25) is 0 Å². The zero-order valence-corrected chi connectivity index (χ0v) is 11.7. The van der Waals surface area contributed by atoms with Crippen molar-refractivity contribution >= 4 is 11.8 Å². The monoisotopic (exact) mass is 255 g/mol. The summed E-state index contributed by atoms with van der Waals surface area (Å²) >= 11 is 2.14. The SMILES string of the molecule is CNC(C1CCSC1)C1CCOC2(CCC2)C1. The zero-order valence-electron chi connectivity index (χ0n) is 10.9. The first-order valence-corrected chi connectivity index (χ1v) is 8.37. The number of rotatable bonds is 3. The summed E-state index contributed by atoms with van der Waals surface area (Å²) in [6.07, 6.45) is 8.03. The Labute approximate surface area is 109 Å². The van der Waals surface area contributed by atoms with E-state index >= 15 is 0 Å². The highest BCUT2D eigenvalue weighted by Gasteiger charge is 2.45. The van der Waals surface area contributed by atoms with Crippen molar-refractivity contribution in [3.05, 3.63) is 0 Å². The van der Waals surface area contributed by atoms with Crippen molar-refractivity contribution < 1.29 is 4.74 Å². The third kappa shape index (κ3) is 2.39. The van der Waals surface area contributed by atoms with Gasteiger partial charge in [-0.25, -0.2) is 0 Å². The fourth-order valence-corrected chi connectivity index (χ4v) is 5.30. The van der Waals surface area contributed by atoms with Crippen LogP contribution in [0, 0.1) is 11.8 Å². The number of hydrogen-bond acceptors (Lipinski definition) is 3. The quantitative estimate of drug-likeness (QED) is 0.838. The summed E-state index contributed by atoms with van der Waals surface area (Å²) in [6, 6.07) is 0.742. The molecule has 3 fully saturated rings. The fraction of sp³-hybridized carbons (Fsp3) is 1.00. The number of thioether (sulfide) groups is 1. The van der Waals surface area contributed by atoms with Crippen LogP contribution in [0.4, 0.5) is 0 Å². The van der Waals surface area contributed by atoms with Crippen molar-refractivity contribution in [2.24, 2.45) is 11.8 Å². The maximum Gasteiger partial charge on any atom is 0.0685 e. The Morgan fingerprint density at radius 3 is 2.76 bits per heavy atom. The predicted molar refractivity (Wildman–Crippen MR) is 73.5 cm³/mol. The molecule has 3 heteroatoms. The van der Waals surface area contributed by atoms with E-state index in [1.54, 1.807) is 0 Å². The molecule has 3 aliphatic rings. The molecule has 1 saturated carbocycles. The van der Waals surface area contributed by atoms with Gasteiger partial charge in [0.2, 0.25) is 0 Å². The predicted octanol–water partition coefficient (Wildman–Crippen LogP) is 2.68. The van der Waals surface area contributed by atoms with E-state index in [9.17, 15) is 0 Å². The number of nitrogens with one attached hydrogen (secondary N) is 1. The van der Waals surface area contributed by atoms with Gasteiger partial charge in [-0.05, 0) is 68.9 Å². The highest BCUT2D eigenvalue weighted by molar-refractivity contribution is 7.99. The molecule has 0 aromatic rings. The highest BCUT2D eigenvalue weighted by Crippen LogP contribution is 2.46. The van der Waals surface area contributed by atoms with Crippen LogP contribution in [0.25, 0.3) is 0 Å².